The number of hydrogen-bond acceptors (Lipinski definition) is 3. The van der Waals surface area contributed by atoms with E-state index in [4.69, 9.17) is 4.74 Å². The second-order valence-corrected chi connectivity index (χ2v) is 8.16. The van der Waals surface area contributed by atoms with Crippen LogP contribution in [-0.2, 0) is 4.74 Å². The molecular weight excluding hydrogens is 284 g/mol. The van der Waals surface area contributed by atoms with E-state index in [1.807, 2.05) is 0 Å². The number of nitrogens with zero attached hydrogens (tertiary/aromatic N) is 2. The van der Waals surface area contributed by atoms with Gasteiger partial charge in [-0.3, -0.25) is 4.90 Å². The summed E-state index contributed by atoms with van der Waals surface area (Å²) >= 11 is 0. The first kappa shape index (κ1) is 20.9. The van der Waals surface area contributed by atoms with Gasteiger partial charge in [0.2, 0.25) is 0 Å². The van der Waals surface area contributed by atoms with Crippen LogP contribution in [0.25, 0.3) is 0 Å². The molecule has 3 nitrogen and oxygen atoms in total. The van der Waals surface area contributed by atoms with Gasteiger partial charge in [0, 0.05) is 45.4 Å². The standard InChI is InChI=1S/C11H24N2.C9H18O/c1-10(2)9-12-5-7-13(8-6-12)11(3)4;1-3-10-9-6-4-8(2)5-7-9/h10-11H,5-9H2,1-4H3;8-9H,3-7H2,1-2H3. The van der Waals surface area contributed by atoms with E-state index < -0.39 is 0 Å². The highest BCUT2D eigenvalue weighted by molar-refractivity contribution is 4.74. The molecule has 0 N–H and O–H groups in total. The number of hydrogen-bond donors (Lipinski definition) is 0. The molecule has 1 saturated heterocycles. The quantitative estimate of drug-likeness (QED) is 0.750. The molecular formula is C20H42N2O. The average molecular weight is 327 g/mol. The van der Waals surface area contributed by atoms with Gasteiger partial charge >= 0.3 is 0 Å². The molecule has 0 aromatic heterocycles. The van der Waals surface area contributed by atoms with E-state index in [0.717, 1.165) is 24.5 Å². The van der Waals surface area contributed by atoms with Crippen LogP contribution >= 0.6 is 0 Å². The molecule has 0 unspecified atom stereocenters. The van der Waals surface area contributed by atoms with Gasteiger partial charge in [-0.2, -0.15) is 0 Å². The third-order valence-corrected chi connectivity index (χ3v) is 5.13. The van der Waals surface area contributed by atoms with Crippen LogP contribution in [0.2, 0.25) is 0 Å². The van der Waals surface area contributed by atoms with Crippen LogP contribution in [0.4, 0.5) is 0 Å². The normalized spacial score (nSPS) is 27.1. The summed E-state index contributed by atoms with van der Waals surface area (Å²) in [6.07, 6.45) is 5.89. The van der Waals surface area contributed by atoms with E-state index >= 15 is 0 Å². The predicted octanol–water partition coefficient (Wildman–Crippen LogP) is 4.27. The van der Waals surface area contributed by atoms with Crippen molar-refractivity contribution in [3.05, 3.63) is 0 Å². The summed E-state index contributed by atoms with van der Waals surface area (Å²) < 4.78 is 5.53. The molecule has 0 aromatic carbocycles. The Balaban J connectivity index is 0.000000238. The van der Waals surface area contributed by atoms with E-state index in [0.29, 0.717) is 6.10 Å². The number of ether oxygens (including phenoxy) is 1. The maximum atomic E-state index is 5.53. The van der Waals surface area contributed by atoms with Crippen molar-refractivity contribution in [3.8, 4) is 0 Å². The molecule has 2 fully saturated rings. The molecule has 1 aliphatic heterocycles. The molecule has 3 heteroatoms. The highest BCUT2D eigenvalue weighted by atomic mass is 16.5. The highest BCUT2D eigenvalue weighted by Gasteiger charge is 2.19. The van der Waals surface area contributed by atoms with Crippen LogP contribution in [0, 0.1) is 11.8 Å². The highest BCUT2D eigenvalue weighted by Crippen LogP contribution is 2.25. The maximum Gasteiger partial charge on any atom is 0.0575 e. The molecule has 0 aromatic rings. The second-order valence-electron chi connectivity index (χ2n) is 8.16. The van der Waals surface area contributed by atoms with E-state index in [-0.39, 0.29) is 0 Å². The Morgan fingerprint density at radius 3 is 1.91 bits per heavy atom. The van der Waals surface area contributed by atoms with Crippen LogP contribution in [0.15, 0.2) is 0 Å². The first-order chi connectivity index (χ1) is 10.9. The minimum Gasteiger partial charge on any atom is -0.379 e. The summed E-state index contributed by atoms with van der Waals surface area (Å²) in [6.45, 7) is 20.8. The first-order valence-corrected chi connectivity index (χ1v) is 10.00. The fourth-order valence-corrected chi connectivity index (χ4v) is 3.61. The SMILES string of the molecule is CC(C)CN1CCN(C(C)C)CC1.CCOC1CCC(C)CC1. The van der Waals surface area contributed by atoms with E-state index in [9.17, 15) is 0 Å². The fraction of sp³-hybridized carbons (Fsp3) is 1.00. The summed E-state index contributed by atoms with van der Waals surface area (Å²) in [6, 6.07) is 0.723. The summed E-state index contributed by atoms with van der Waals surface area (Å²) in [7, 11) is 0. The van der Waals surface area contributed by atoms with Crippen molar-refractivity contribution in [2.45, 2.75) is 79.4 Å². The monoisotopic (exact) mass is 326 g/mol. The van der Waals surface area contributed by atoms with Gasteiger partial charge in [0.15, 0.2) is 0 Å². The Kier molecular flexibility index (Phi) is 10.4. The van der Waals surface area contributed by atoms with Crippen LogP contribution < -0.4 is 0 Å². The van der Waals surface area contributed by atoms with Crippen molar-refractivity contribution in [2.24, 2.45) is 11.8 Å². The molecule has 0 spiro atoms. The van der Waals surface area contributed by atoms with Gasteiger partial charge in [-0.25, -0.2) is 0 Å². The van der Waals surface area contributed by atoms with Crippen molar-refractivity contribution >= 4 is 0 Å². The van der Waals surface area contributed by atoms with Crippen molar-refractivity contribution in [2.75, 3.05) is 39.3 Å². The maximum absolute atomic E-state index is 5.53. The van der Waals surface area contributed by atoms with Crippen molar-refractivity contribution < 1.29 is 4.74 Å². The first-order valence-electron chi connectivity index (χ1n) is 10.00. The van der Waals surface area contributed by atoms with E-state index in [1.54, 1.807) is 0 Å². The minimum atomic E-state index is 0.584. The molecule has 1 saturated carbocycles. The Morgan fingerprint density at radius 1 is 0.913 bits per heavy atom. The van der Waals surface area contributed by atoms with Gasteiger partial charge in [-0.05, 0) is 58.3 Å². The smallest absolute Gasteiger partial charge is 0.0575 e. The molecule has 0 radical (unpaired) electrons. The van der Waals surface area contributed by atoms with E-state index in [1.165, 1.54) is 58.4 Å². The summed E-state index contributed by atoms with van der Waals surface area (Å²) in [5.41, 5.74) is 0. The predicted molar refractivity (Wildman–Crippen MR) is 101 cm³/mol. The third kappa shape index (κ3) is 9.07. The van der Waals surface area contributed by atoms with Gasteiger partial charge in [0.05, 0.1) is 6.10 Å². The molecule has 0 amide bonds. The Hall–Kier alpha value is -0.120. The average Bonchev–Trinajstić information content (AvgIpc) is 2.50. The zero-order chi connectivity index (χ0) is 17.2. The van der Waals surface area contributed by atoms with Crippen LogP contribution in [-0.4, -0.2) is 61.3 Å². The largest absolute Gasteiger partial charge is 0.379 e. The van der Waals surface area contributed by atoms with Crippen molar-refractivity contribution in [3.63, 3.8) is 0 Å². The molecule has 1 heterocycles. The fourth-order valence-electron chi connectivity index (χ4n) is 3.61. The zero-order valence-electron chi connectivity index (χ0n) is 16.7. The zero-order valence-corrected chi connectivity index (χ0v) is 16.7. The van der Waals surface area contributed by atoms with Crippen LogP contribution in [0.3, 0.4) is 0 Å². The Bertz CT molecular complexity index is 277. The van der Waals surface area contributed by atoms with Crippen LogP contribution in [0.1, 0.15) is 67.2 Å². The third-order valence-electron chi connectivity index (χ3n) is 5.13. The van der Waals surface area contributed by atoms with Gasteiger partial charge < -0.3 is 9.64 Å². The number of piperazine rings is 1. The van der Waals surface area contributed by atoms with E-state index in [2.05, 4.69) is 51.3 Å². The molecule has 2 aliphatic rings. The van der Waals surface area contributed by atoms with Gasteiger partial charge in [0.25, 0.3) is 0 Å². The second kappa shape index (κ2) is 11.4. The topological polar surface area (TPSA) is 15.7 Å². The summed E-state index contributed by atoms with van der Waals surface area (Å²) in [4.78, 5) is 5.15. The van der Waals surface area contributed by atoms with Gasteiger partial charge in [0.1, 0.15) is 0 Å². The Morgan fingerprint density at radius 2 is 1.48 bits per heavy atom. The van der Waals surface area contributed by atoms with Gasteiger partial charge in [-0.15, -0.1) is 0 Å². The Labute approximate surface area is 145 Å². The molecule has 1 aliphatic carbocycles. The molecule has 138 valence electrons. The number of rotatable bonds is 5. The van der Waals surface area contributed by atoms with Gasteiger partial charge in [-0.1, -0.05) is 20.8 Å². The molecule has 0 bridgehead atoms. The van der Waals surface area contributed by atoms with Crippen LogP contribution in [0.5, 0.6) is 0 Å². The molecule has 2 rings (SSSR count). The summed E-state index contributed by atoms with van der Waals surface area (Å²) in [5.74, 6) is 1.75. The molecule has 0 atom stereocenters. The molecule has 23 heavy (non-hydrogen) atoms. The van der Waals surface area contributed by atoms with Crippen molar-refractivity contribution in [1.82, 2.24) is 9.80 Å². The lowest BCUT2D eigenvalue weighted by molar-refractivity contribution is 0.0276. The lowest BCUT2D eigenvalue weighted by Gasteiger charge is -2.37. The van der Waals surface area contributed by atoms with Crippen molar-refractivity contribution in [1.29, 1.82) is 0 Å². The lowest BCUT2D eigenvalue weighted by Crippen LogP contribution is -2.49. The minimum absolute atomic E-state index is 0.584. The lowest BCUT2D eigenvalue weighted by atomic mass is 9.89. The summed E-state index contributed by atoms with van der Waals surface area (Å²) in [5, 5.41) is 0.